The highest BCUT2D eigenvalue weighted by Gasteiger charge is 2.16. The third kappa shape index (κ3) is 4.30. The number of amides is 1. The number of aryl methyl sites for hydroxylation is 1. The Morgan fingerprint density at radius 3 is 2.28 bits per heavy atom. The highest BCUT2D eigenvalue weighted by atomic mass is 16.2. The van der Waals surface area contributed by atoms with Crippen molar-refractivity contribution < 1.29 is 4.79 Å². The summed E-state index contributed by atoms with van der Waals surface area (Å²) in [6.45, 7) is 2.04. The van der Waals surface area contributed by atoms with Crippen LogP contribution in [0.15, 0.2) is 96.1 Å². The smallest absolute Gasteiger partial charge is 0.265 e. The van der Waals surface area contributed by atoms with Crippen LogP contribution in [-0.4, -0.2) is 21.9 Å². The van der Waals surface area contributed by atoms with E-state index in [0.29, 0.717) is 5.69 Å². The number of hydrogen-bond acceptors (Lipinski definition) is 3. The van der Waals surface area contributed by atoms with Gasteiger partial charge in [0.15, 0.2) is 5.69 Å². The van der Waals surface area contributed by atoms with E-state index < -0.39 is 0 Å². The van der Waals surface area contributed by atoms with Crippen LogP contribution in [0.1, 0.15) is 21.6 Å². The molecule has 0 spiro atoms. The van der Waals surface area contributed by atoms with Gasteiger partial charge in [-0.2, -0.15) is 10.2 Å². The van der Waals surface area contributed by atoms with Crippen molar-refractivity contribution in [3.8, 4) is 16.9 Å². The molecule has 0 radical (unpaired) electrons. The first-order valence-electron chi connectivity index (χ1n) is 9.32. The first-order chi connectivity index (χ1) is 14.2. The zero-order chi connectivity index (χ0) is 20.1. The maximum Gasteiger partial charge on any atom is 0.291 e. The highest BCUT2D eigenvalue weighted by Crippen LogP contribution is 2.24. The molecule has 29 heavy (non-hydrogen) atoms. The summed E-state index contributed by atoms with van der Waals surface area (Å²) in [7, 11) is 0. The minimum Gasteiger partial charge on any atom is -0.265 e. The molecule has 3 aromatic carbocycles. The molecular weight excluding hydrogens is 360 g/mol. The predicted octanol–water partition coefficient (Wildman–Crippen LogP) is 4.61. The SMILES string of the molecule is Cc1ccc(-c2cc(C(=O)N/N=C\c3ccccc3)nn2-c2ccccc2)cc1. The van der Waals surface area contributed by atoms with Gasteiger partial charge >= 0.3 is 0 Å². The summed E-state index contributed by atoms with van der Waals surface area (Å²) in [5.74, 6) is -0.361. The van der Waals surface area contributed by atoms with Gasteiger partial charge in [0, 0.05) is 5.56 Å². The third-order valence-corrected chi connectivity index (χ3v) is 4.47. The molecule has 5 heteroatoms. The number of nitrogens with zero attached hydrogens (tertiary/aromatic N) is 3. The summed E-state index contributed by atoms with van der Waals surface area (Å²) >= 11 is 0. The molecule has 0 fully saturated rings. The summed E-state index contributed by atoms with van der Waals surface area (Å²) < 4.78 is 1.78. The quantitative estimate of drug-likeness (QED) is 0.406. The van der Waals surface area contributed by atoms with Crippen molar-refractivity contribution in [3.05, 3.63) is 108 Å². The first kappa shape index (κ1) is 18.4. The highest BCUT2D eigenvalue weighted by molar-refractivity contribution is 5.94. The van der Waals surface area contributed by atoms with Gasteiger partial charge in [0.05, 0.1) is 17.6 Å². The predicted molar refractivity (Wildman–Crippen MR) is 115 cm³/mol. The van der Waals surface area contributed by atoms with E-state index >= 15 is 0 Å². The number of hydrazone groups is 1. The molecule has 4 rings (SSSR count). The fraction of sp³-hybridized carbons (Fsp3) is 0.0417. The van der Waals surface area contributed by atoms with Gasteiger partial charge in [-0.3, -0.25) is 4.79 Å². The van der Waals surface area contributed by atoms with Gasteiger partial charge in [-0.1, -0.05) is 78.4 Å². The standard InChI is InChI=1S/C24H20N4O/c1-18-12-14-20(15-13-18)23-16-22(27-28(23)21-10-6-3-7-11-21)24(29)26-25-17-19-8-4-2-5-9-19/h2-17H,1H3,(H,26,29)/b25-17-. The van der Waals surface area contributed by atoms with Crippen LogP contribution < -0.4 is 5.43 Å². The second-order valence-corrected chi connectivity index (χ2v) is 6.64. The Kier molecular flexibility index (Phi) is 5.29. The van der Waals surface area contributed by atoms with Gasteiger partial charge in [-0.05, 0) is 30.7 Å². The van der Waals surface area contributed by atoms with E-state index in [9.17, 15) is 4.79 Å². The number of aromatic nitrogens is 2. The Morgan fingerprint density at radius 1 is 0.931 bits per heavy atom. The molecule has 0 aliphatic carbocycles. The van der Waals surface area contributed by atoms with Gasteiger partial charge < -0.3 is 0 Å². The van der Waals surface area contributed by atoms with E-state index in [-0.39, 0.29) is 5.91 Å². The summed E-state index contributed by atoms with van der Waals surface area (Å²) in [6.07, 6.45) is 1.60. The average Bonchev–Trinajstić information content (AvgIpc) is 3.21. The molecule has 0 bridgehead atoms. The lowest BCUT2D eigenvalue weighted by atomic mass is 10.1. The van der Waals surface area contributed by atoms with Gasteiger partial charge in [0.2, 0.25) is 0 Å². The molecule has 0 unspecified atom stereocenters. The van der Waals surface area contributed by atoms with Crippen molar-refractivity contribution in [2.24, 2.45) is 5.10 Å². The van der Waals surface area contributed by atoms with E-state index in [2.05, 4.69) is 15.6 Å². The molecule has 4 aromatic rings. The fourth-order valence-corrected chi connectivity index (χ4v) is 2.95. The third-order valence-electron chi connectivity index (χ3n) is 4.47. The molecule has 1 aromatic heterocycles. The van der Waals surface area contributed by atoms with E-state index in [4.69, 9.17) is 0 Å². The van der Waals surface area contributed by atoms with E-state index in [1.807, 2.05) is 91.9 Å². The lowest BCUT2D eigenvalue weighted by Crippen LogP contribution is -2.18. The lowest BCUT2D eigenvalue weighted by Gasteiger charge is -2.07. The largest absolute Gasteiger partial charge is 0.291 e. The van der Waals surface area contributed by atoms with Gasteiger partial charge in [0.25, 0.3) is 5.91 Å². The molecule has 0 saturated heterocycles. The fourth-order valence-electron chi connectivity index (χ4n) is 2.95. The van der Waals surface area contributed by atoms with Crippen LogP contribution in [0, 0.1) is 6.92 Å². The minimum atomic E-state index is -0.361. The molecule has 0 saturated carbocycles. The van der Waals surface area contributed by atoms with Crippen molar-refractivity contribution in [1.82, 2.24) is 15.2 Å². The molecule has 5 nitrogen and oxygen atoms in total. The molecule has 0 aliphatic heterocycles. The molecule has 0 atom stereocenters. The zero-order valence-electron chi connectivity index (χ0n) is 16.0. The Labute approximate surface area is 169 Å². The normalized spacial score (nSPS) is 10.9. The lowest BCUT2D eigenvalue weighted by molar-refractivity contribution is 0.0949. The van der Waals surface area contributed by atoms with Crippen LogP contribution in [-0.2, 0) is 0 Å². The number of carbonyl (C=O) groups excluding carboxylic acids is 1. The van der Waals surface area contributed by atoms with Crippen molar-refractivity contribution in [1.29, 1.82) is 0 Å². The van der Waals surface area contributed by atoms with Crippen LogP contribution in [0.4, 0.5) is 0 Å². The van der Waals surface area contributed by atoms with Crippen LogP contribution >= 0.6 is 0 Å². The number of nitrogens with one attached hydrogen (secondary N) is 1. The minimum absolute atomic E-state index is 0.301. The van der Waals surface area contributed by atoms with Gasteiger partial charge in [-0.15, -0.1) is 0 Å². The number of rotatable bonds is 5. The number of carbonyl (C=O) groups is 1. The maximum atomic E-state index is 12.6. The summed E-state index contributed by atoms with van der Waals surface area (Å²) in [6, 6.07) is 29.3. The molecular formula is C24H20N4O. The molecule has 142 valence electrons. The van der Waals surface area contributed by atoms with Crippen molar-refractivity contribution >= 4 is 12.1 Å². The Hall–Kier alpha value is -3.99. The first-order valence-corrected chi connectivity index (χ1v) is 9.32. The van der Waals surface area contributed by atoms with Gasteiger partial charge in [-0.25, -0.2) is 10.1 Å². The average molecular weight is 380 g/mol. The number of para-hydroxylation sites is 1. The number of hydrogen-bond donors (Lipinski definition) is 1. The summed E-state index contributed by atoms with van der Waals surface area (Å²) in [5.41, 5.74) is 7.64. The molecule has 1 heterocycles. The second kappa shape index (κ2) is 8.35. The molecule has 0 aliphatic rings. The van der Waals surface area contributed by atoms with Crippen LogP contribution in [0.25, 0.3) is 16.9 Å². The summed E-state index contributed by atoms with van der Waals surface area (Å²) in [4.78, 5) is 12.6. The second-order valence-electron chi connectivity index (χ2n) is 6.64. The van der Waals surface area contributed by atoms with E-state index in [1.165, 1.54) is 5.56 Å². The Bertz CT molecular complexity index is 1130. The van der Waals surface area contributed by atoms with Gasteiger partial charge in [0.1, 0.15) is 0 Å². The van der Waals surface area contributed by atoms with Crippen molar-refractivity contribution in [3.63, 3.8) is 0 Å². The Balaban J connectivity index is 1.64. The monoisotopic (exact) mass is 380 g/mol. The number of benzene rings is 3. The molecule has 1 N–H and O–H groups in total. The van der Waals surface area contributed by atoms with Crippen LogP contribution in [0.2, 0.25) is 0 Å². The van der Waals surface area contributed by atoms with E-state index in [0.717, 1.165) is 22.5 Å². The zero-order valence-corrected chi connectivity index (χ0v) is 16.0. The topological polar surface area (TPSA) is 59.3 Å². The summed E-state index contributed by atoms with van der Waals surface area (Å²) in [5, 5.41) is 8.58. The van der Waals surface area contributed by atoms with Crippen molar-refractivity contribution in [2.75, 3.05) is 0 Å². The van der Waals surface area contributed by atoms with Crippen LogP contribution in [0.5, 0.6) is 0 Å². The molecule has 1 amide bonds. The van der Waals surface area contributed by atoms with Crippen molar-refractivity contribution in [2.45, 2.75) is 6.92 Å². The van der Waals surface area contributed by atoms with Crippen LogP contribution in [0.3, 0.4) is 0 Å². The Morgan fingerprint density at radius 2 is 1.59 bits per heavy atom. The maximum absolute atomic E-state index is 12.6. The van der Waals surface area contributed by atoms with E-state index in [1.54, 1.807) is 17.0 Å².